The number of H-pyrrole nitrogens is 1. The summed E-state index contributed by atoms with van der Waals surface area (Å²) in [5, 5.41) is 19.6. The van der Waals surface area contributed by atoms with Gasteiger partial charge in [-0.15, -0.1) is 0 Å². The van der Waals surface area contributed by atoms with E-state index in [9.17, 15) is 15.0 Å². The van der Waals surface area contributed by atoms with Gasteiger partial charge in [0.2, 0.25) is 11.7 Å². The number of nitrogens with two attached hydrogens (primary N) is 2. The molecule has 120 valence electrons. The number of ether oxygens (including phenoxy) is 2. The predicted molar refractivity (Wildman–Crippen MR) is 73.5 cm³/mol. The van der Waals surface area contributed by atoms with Gasteiger partial charge in [-0.05, 0) is 0 Å². The molecule has 3 rings (SSSR count). The van der Waals surface area contributed by atoms with Gasteiger partial charge in [0.15, 0.2) is 17.4 Å². The van der Waals surface area contributed by atoms with Crippen LogP contribution in [0.4, 0.5) is 5.95 Å². The molecule has 1 aliphatic rings. The number of fused-ring (bicyclic) bond motifs is 1. The molecular formula is C11H16N6O5. The monoisotopic (exact) mass is 312 g/mol. The standard InChI is InChI=1S/C11H16N6O5/c1-21-11(2-18)6(19)4(12)9(22-11)17-3-14-5-7(17)15-10(13)16-8(5)20/h3-4,6,9,18-19H,2,12H2,1H3,(H3,13,15,16,20)/t4-,6+,9-,11-/m1/s1. The first kappa shape index (κ1) is 14.9. The molecule has 1 aliphatic heterocycles. The molecule has 0 amide bonds. The maximum atomic E-state index is 11.8. The molecule has 7 N–H and O–H groups in total. The highest BCUT2D eigenvalue weighted by molar-refractivity contribution is 5.70. The number of aliphatic hydroxyl groups is 2. The smallest absolute Gasteiger partial charge is 0.280 e. The van der Waals surface area contributed by atoms with Crippen LogP contribution in [-0.4, -0.2) is 61.4 Å². The number of rotatable bonds is 3. The van der Waals surface area contributed by atoms with Crippen molar-refractivity contribution >= 4 is 17.1 Å². The summed E-state index contributed by atoms with van der Waals surface area (Å²) in [5.41, 5.74) is 11.2. The molecule has 0 saturated carbocycles. The Balaban J connectivity index is 2.11. The van der Waals surface area contributed by atoms with E-state index >= 15 is 0 Å². The second-order valence-electron chi connectivity index (χ2n) is 4.98. The molecule has 0 bridgehead atoms. The zero-order valence-electron chi connectivity index (χ0n) is 11.6. The number of imidazole rings is 1. The van der Waals surface area contributed by atoms with Crippen LogP contribution >= 0.6 is 0 Å². The van der Waals surface area contributed by atoms with Gasteiger partial charge in [0.25, 0.3) is 5.56 Å². The summed E-state index contributed by atoms with van der Waals surface area (Å²) in [7, 11) is 1.28. The lowest BCUT2D eigenvalue weighted by atomic mass is 10.1. The van der Waals surface area contributed by atoms with Gasteiger partial charge < -0.3 is 31.2 Å². The lowest BCUT2D eigenvalue weighted by molar-refractivity contribution is -0.269. The summed E-state index contributed by atoms with van der Waals surface area (Å²) in [4.78, 5) is 22.0. The van der Waals surface area contributed by atoms with E-state index in [0.29, 0.717) is 0 Å². The summed E-state index contributed by atoms with van der Waals surface area (Å²) in [6, 6.07) is -0.938. The van der Waals surface area contributed by atoms with E-state index in [4.69, 9.17) is 20.9 Å². The predicted octanol–water partition coefficient (Wildman–Crippen LogP) is -2.75. The van der Waals surface area contributed by atoms with E-state index in [2.05, 4.69) is 15.0 Å². The fourth-order valence-electron chi connectivity index (χ4n) is 2.54. The minimum Gasteiger partial charge on any atom is -0.391 e. The number of nitrogens with zero attached hydrogens (tertiary/aromatic N) is 3. The molecule has 11 nitrogen and oxygen atoms in total. The molecule has 11 heteroatoms. The van der Waals surface area contributed by atoms with Crippen molar-refractivity contribution < 1.29 is 19.7 Å². The van der Waals surface area contributed by atoms with E-state index in [1.807, 2.05) is 0 Å². The number of aromatic amines is 1. The highest BCUT2D eigenvalue weighted by atomic mass is 16.7. The van der Waals surface area contributed by atoms with Gasteiger partial charge >= 0.3 is 0 Å². The van der Waals surface area contributed by atoms with Gasteiger partial charge in [-0.2, -0.15) is 4.98 Å². The van der Waals surface area contributed by atoms with Crippen molar-refractivity contribution in [1.29, 1.82) is 0 Å². The number of hydrogen-bond acceptors (Lipinski definition) is 9. The average molecular weight is 312 g/mol. The van der Waals surface area contributed by atoms with Crippen molar-refractivity contribution in [2.45, 2.75) is 24.2 Å². The molecule has 3 heterocycles. The number of anilines is 1. The SMILES string of the molecule is CO[C@]1(CO)O[C@@H](n2cnc3c(=O)[nH]c(N)nc32)[C@H](N)[C@@H]1O. The Bertz CT molecular complexity index is 753. The summed E-state index contributed by atoms with van der Waals surface area (Å²) < 4.78 is 12.0. The van der Waals surface area contributed by atoms with Gasteiger partial charge in [-0.1, -0.05) is 0 Å². The number of methoxy groups -OCH3 is 1. The highest BCUT2D eigenvalue weighted by Crippen LogP contribution is 2.37. The lowest BCUT2D eigenvalue weighted by Gasteiger charge is -2.28. The Labute approximate surface area is 123 Å². The molecule has 0 spiro atoms. The third-order valence-corrected chi connectivity index (χ3v) is 3.76. The van der Waals surface area contributed by atoms with E-state index in [0.717, 1.165) is 0 Å². The third kappa shape index (κ3) is 1.91. The Hall–Kier alpha value is -2.05. The van der Waals surface area contributed by atoms with Gasteiger partial charge in [-0.3, -0.25) is 14.3 Å². The topological polar surface area (TPSA) is 175 Å². The van der Waals surface area contributed by atoms with Crippen LogP contribution in [0.3, 0.4) is 0 Å². The van der Waals surface area contributed by atoms with E-state index in [1.54, 1.807) is 0 Å². The Kier molecular flexibility index (Phi) is 3.38. The molecular weight excluding hydrogens is 296 g/mol. The number of hydrogen-bond donors (Lipinski definition) is 5. The Morgan fingerprint density at radius 1 is 1.64 bits per heavy atom. The van der Waals surface area contributed by atoms with Crippen LogP contribution in [0.1, 0.15) is 6.23 Å². The highest BCUT2D eigenvalue weighted by Gasteiger charge is 2.54. The van der Waals surface area contributed by atoms with E-state index in [1.165, 1.54) is 18.0 Å². The molecule has 0 aromatic carbocycles. The second kappa shape index (κ2) is 5.00. The van der Waals surface area contributed by atoms with Crippen molar-refractivity contribution in [3.63, 3.8) is 0 Å². The van der Waals surface area contributed by atoms with Crippen LogP contribution in [0.2, 0.25) is 0 Å². The fraction of sp³-hybridized carbons (Fsp3) is 0.545. The summed E-state index contributed by atoms with van der Waals surface area (Å²) in [6.07, 6.45) is -0.933. The first-order valence-corrected chi connectivity index (χ1v) is 6.43. The Morgan fingerprint density at radius 3 is 2.95 bits per heavy atom. The third-order valence-electron chi connectivity index (χ3n) is 3.76. The van der Waals surface area contributed by atoms with Crippen LogP contribution in [0.5, 0.6) is 0 Å². The number of aliphatic hydroxyl groups excluding tert-OH is 2. The van der Waals surface area contributed by atoms with Gasteiger partial charge in [0, 0.05) is 7.11 Å². The second-order valence-corrected chi connectivity index (χ2v) is 4.98. The molecule has 0 radical (unpaired) electrons. The number of nitrogens with one attached hydrogen (secondary N) is 1. The molecule has 22 heavy (non-hydrogen) atoms. The van der Waals surface area contributed by atoms with Gasteiger partial charge in [0.1, 0.15) is 12.7 Å². The van der Waals surface area contributed by atoms with E-state index in [-0.39, 0.29) is 17.1 Å². The van der Waals surface area contributed by atoms with Crippen molar-refractivity contribution in [2.24, 2.45) is 5.73 Å². The van der Waals surface area contributed by atoms with Crippen molar-refractivity contribution in [1.82, 2.24) is 19.5 Å². The average Bonchev–Trinajstić information content (AvgIpc) is 3.01. The molecule has 2 aromatic heterocycles. The largest absolute Gasteiger partial charge is 0.391 e. The molecule has 4 atom stereocenters. The quantitative estimate of drug-likeness (QED) is 0.402. The van der Waals surface area contributed by atoms with Crippen LogP contribution < -0.4 is 17.0 Å². The van der Waals surface area contributed by atoms with Gasteiger partial charge in [-0.25, -0.2) is 4.98 Å². The normalized spacial score (nSPS) is 31.9. The number of nitrogen functional groups attached to an aromatic ring is 1. The van der Waals surface area contributed by atoms with Crippen LogP contribution in [0.15, 0.2) is 11.1 Å². The fourth-order valence-corrected chi connectivity index (χ4v) is 2.54. The summed E-state index contributed by atoms with van der Waals surface area (Å²) in [5.74, 6) is -1.75. The van der Waals surface area contributed by atoms with Crippen molar-refractivity contribution in [3.8, 4) is 0 Å². The van der Waals surface area contributed by atoms with Crippen molar-refractivity contribution in [2.75, 3.05) is 19.5 Å². The van der Waals surface area contributed by atoms with Crippen LogP contribution in [0.25, 0.3) is 11.2 Å². The van der Waals surface area contributed by atoms with E-state index < -0.39 is 36.3 Å². The maximum absolute atomic E-state index is 11.8. The molecule has 1 fully saturated rings. The molecule has 1 saturated heterocycles. The summed E-state index contributed by atoms with van der Waals surface area (Å²) >= 11 is 0. The van der Waals surface area contributed by atoms with Crippen LogP contribution in [-0.2, 0) is 9.47 Å². The lowest BCUT2D eigenvalue weighted by Crippen LogP contribution is -2.50. The first-order valence-electron chi connectivity index (χ1n) is 6.43. The van der Waals surface area contributed by atoms with Crippen LogP contribution in [0, 0.1) is 0 Å². The minimum absolute atomic E-state index is 0.0541. The first-order chi connectivity index (χ1) is 10.4. The minimum atomic E-state index is -1.66. The zero-order valence-corrected chi connectivity index (χ0v) is 11.6. The van der Waals surface area contributed by atoms with Gasteiger partial charge in [0.05, 0.1) is 12.4 Å². The maximum Gasteiger partial charge on any atom is 0.280 e. The zero-order chi connectivity index (χ0) is 16.1. The number of aromatic nitrogens is 4. The summed E-state index contributed by atoms with van der Waals surface area (Å²) in [6.45, 7) is -0.600. The molecule has 2 aromatic rings. The Morgan fingerprint density at radius 2 is 2.36 bits per heavy atom. The van der Waals surface area contributed by atoms with Crippen molar-refractivity contribution in [3.05, 3.63) is 16.7 Å². The molecule has 0 unspecified atom stereocenters. The molecule has 0 aliphatic carbocycles.